The lowest BCUT2D eigenvalue weighted by atomic mass is 10.2. The van der Waals surface area contributed by atoms with Crippen LogP contribution in [0, 0.1) is 10.1 Å². The van der Waals surface area contributed by atoms with Gasteiger partial charge in [0.1, 0.15) is 11.4 Å². The molecule has 8 heteroatoms. The number of benzene rings is 1. The molecule has 0 aromatic heterocycles. The summed E-state index contributed by atoms with van der Waals surface area (Å²) in [5.74, 6) is -0.542. The molecule has 0 amide bonds. The first-order valence-electron chi connectivity index (χ1n) is 6.00. The van der Waals surface area contributed by atoms with Crippen LogP contribution in [0.1, 0.15) is 20.8 Å². The Morgan fingerprint density at radius 3 is 2.43 bits per heavy atom. The monoisotopic (exact) mass is 317 g/mol. The van der Waals surface area contributed by atoms with Crippen molar-refractivity contribution < 1.29 is 23.9 Å². The van der Waals surface area contributed by atoms with Crippen LogP contribution in [-0.2, 0) is 9.53 Å². The van der Waals surface area contributed by atoms with E-state index in [-0.39, 0.29) is 22.2 Å². The zero-order chi connectivity index (χ0) is 16.2. The van der Waals surface area contributed by atoms with Crippen molar-refractivity contribution in [1.82, 2.24) is 0 Å². The Hall–Kier alpha value is -2.02. The predicted molar refractivity (Wildman–Crippen MR) is 76.0 cm³/mol. The van der Waals surface area contributed by atoms with Crippen molar-refractivity contribution in [3.63, 3.8) is 0 Å². The van der Waals surface area contributed by atoms with Crippen molar-refractivity contribution in [2.45, 2.75) is 26.4 Å². The lowest BCUT2D eigenvalue weighted by molar-refractivity contribution is -0.385. The number of ether oxygens (including phenoxy) is 3. The van der Waals surface area contributed by atoms with Gasteiger partial charge in [-0.2, -0.15) is 0 Å². The molecule has 0 radical (unpaired) electrons. The highest BCUT2D eigenvalue weighted by Gasteiger charge is 2.22. The molecule has 0 N–H and O–H groups in total. The molecule has 1 aromatic rings. The number of carbonyl (C=O) groups excluding carboxylic acids is 1. The van der Waals surface area contributed by atoms with Crippen molar-refractivity contribution in [2.24, 2.45) is 0 Å². The number of hydrogen-bond donors (Lipinski definition) is 0. The van der Waals surface area contributed by atoms with Gasteiger partial charge in [0, 0.05) is 12.1 Å². The molecule has 0 aliphatic heterocycles. The van der Waals surface area contributed by atoms with Gasteiger partial charge in [0.25, 0.3) is 0 Å². The number of rotatable bonds is 5. The normalized spacial score (nSPS) is 10.9. The highest BCUT2D eigenvalue weighted by atomic mass is 35.5. The SMILES string of the molecule is COc1cc(OCC(=O)OC(C)(C)C)c([N+](=O)[O-])cc1Cl. The third-order valence-corrected chi connectivity index (χ3v) is 2.49. The molecule has 0 bridgehead atoms. The number of carbonyl (C=O) groups is 1. The molecule has 0 fully saturated rings. The number of halogens is 1. The molecular formula is C13H16ClNO6. The lowest BCUT2D eigenvalue weighted by Gasteiger charge is -2.19. The molecule has 0 heterocycles. The Kier molecular flexibility index (Phi) is 5.37. The lowest BCUT2D eigenvalue weighted by Crippen LogP contribution is -2.27. The van der Waals surface area contributed by atoms with Crippen molar-refractivity contribution >= 4 is 23.3 Å². The first kappa shape index (κ1) is 17.0. The minimum atomic E-state index is -0.663. The van der Waals surface area contributed by atoms with Gasteiger partial charge < -0.3 is 14.2 Å². The van der Waals surface area contributed by atoms with Gasteiger partial charge >= 0.3 is 11.7 Å². The average Bonchev–Trinajstić information content (AvgIpc) is 2.34. The number of methoxy groups -OCH3 is 1. The van der Waals surface area contributed by atoms with Crippen molar-refractivity contribution in [3.8, 4) is 11.5 Å². The summed E-state index contributed by atoms with van der Waals surface area (Å²) in [4.78, 5) is 21.9. The van der Waals surface area contributed by atoms with Crippen LogP contribution in [0.25, 0.3) is 0 Å². The molecule has 0 atom stereocenters. The van der Waals surface area contributed by atoms with E-state index in [0.717, 1.165) is 6.07 Å². The first-order chi connectivity index (χ1) is 9.64. The number of nitro benzene ring substituents is 1. The van der Waals surface area contributed by atoms with E-state index in [1.165, 1.54) is 13.2 Å². The van der Waals surface area contributed by atoms with E-state index in [2.05, 4.69) is 0 Å². The number of nitro groups is 1. The topological polar surface area (TPSA) is 87.9 Å². The molecule has 0 aliphatic rings. The molecule has 0 unspecified atom stereocenters. The summed E-state index contributed by atoms with van der Waals surface area (Å²) in [5.41, 5.74) is -1.02. The van der Waals surface area contributed by atoms with E-state index < -0.39 is 23.1 Å². The van der Waals surface area contributed by atoms with Crippen LogP contribution in [0.5, 0.6) is 11.5 Å². The summed E-state index contributed by atoms with van der Waals surface area (Å²) >= 11 is 5.82. The minimum absolute atomic E-state index is 0.0776. The van der Waals surface area contributed by atoms with Gasteiger partial charge in [-0.25, -0.2) is 4.79 Å². The highest BCUT2D eigenvalue weighted by Crippen LogP contribution is 2.37. The molecular weight excluding hydrogens is 302 g/mol. The van der Waals surface area contributed by atoms with E-state index in [0.29, 0.717) is 0 Å². The zero-order valence-electron chi connectivity index (χ0n) is 12.1. The van der Waals surface area contributed by atoms with Crippen LogP contribution in [0.3, 0.4) is 0 Å². The van der Waals surface area contributed by atoms with Crippen molar-refractivity contribution in [1.29, 1.82) is 0 Å². The second kappa shape index (κ2) is 6.62. The van der Waals surface area contributed by atoms with Gasteiger partial charge in [0.05, 0.1) is 17.1 Å². The van der Waals surface area contributed by atoms with Gasteiger partial charge in [-0.15, -0.1) is 0 Å². The Morgan fingerprint density at radius 1 is 1.33 bits per heavy atom. The fourth-order valence-corrected chi connectivity index (χ4v) is 1.68. The fourth-order valence-electron chi connectivity index (χ4n) is 1.45. The summed E-state index contributed by atoms with van der Waals surface area (Å²) < 4.78 is 15.2. The van der Waals surface area contributed by atoms with Crippen molar-refractivity contribution in [3.05, 3.63) is 27.3 Å². The van der Waals surface area contributed by atoms with Gasteiger partial charge in [0.15, 0.2) is 6.61 Å². The number of esters is 1. The Balaban J connectivity index is 2.91. The third kappa shape index (κ3) is 5.11. The van der Waals surface area contributed by atoms with E-state index in [4.69, 9.17) is 25.8 Å². The zero-order valence-corrected chi connectivity index (χ0v) is 12.9. The molecule has 0 saturated heterocycles. The van der Waals surface area contributed by atoms with Crippen LogP contribution < -0.4 is 9.47 Å². The molecule has 21 heavy (non-hydrogen) atoms. The summed E-state index contributed by atoms with van der Waals surface area (Å²) in [6.45, 7) is 4.67. The largest absolute Gasteiger partial charge is 0.495 e. The predicted octanol–water partition coefficient (Wildman–Crippen LogP) is 2.98. The van der Waals surface area contributed by atoms with Gasteiger partial charge in [-0.3, -0.25) is 10.1 Å². The first-order valence-corrected chi connectivity index (χ1v) is 6.38. The number of nitrogens with zero attached hydrogens (tertiary/aromatic N) is 1. The van der Waals surface area contributed by atoms with E-state index in [9.17, 15) is 14.9 Å². The summed E-state index contributed by atoms with van der Waals surface area (Å²) in [7, 11) is 1.37. The molecule has 1 aromatic carbocycles. The minimum Gasteiger partial charge on any atom is -0.495 e. The van der Waals surface area contributed by atoms with Crippen LogP contribution in [-0.4, -0.2) is 30.2 Å². The van der Waals surface area contributed by atoms with Crippen LogP contribution in [0.2, 0.25) is 5.02 Å². The number of hydrogen-bond acceptors (Lipinski definition) is 6. The van der Waals surface area contributed by atoms with Gasteiger partial charge in [-0.05, 0) is 20.8 Å². The Morgan fingerprint density at radius 2 is 1.95 bits per heavy atom. The van der Waals surface area contributed by atoms with E-state index in [1.54, 1.807) is 20.8 Å². The Labute approximate surface area is 126 Å². The van der Waals surface area contributed by atoms with Crippen LogP contribution in [0.4, 0.5) is 5.69 Å². The van der Waals surface area contributed by atoms with Gasteiger partial charge in [0.2, 0.25) is 5.75 Å². The summed E-state index contributed by atoms with van der Waals surface area (Å²) in [5, 5.41) is 11.0. The molecule has 0 saturated carbocycles. The second-order valence-electron chi connectivity index (χ2n) is 5.09. The molecule has 1 rings (SSSR count). The van der Waals surface area contributed by atoms with Crippen molar-refractivity contribution in [2.75, 3.05) is 13.7 Å². The molecule has 0 aliphatic carbocycles. The van der Waals surface area contributed by atoms with Crippen LogP contribution in [0.15, 0.2) is 12.1 Å². The van der Waals surface area contributed by atoms with E-state index in [1.807, 2.05) is 0 Å². The third-order valence-electron chi connectivity index (χ3n) is 2.20. The smallest absolute Gasteiger partial charge is 0.344 e. The Bertz CT molecular complexity index is 552. The maximum absolute atomic E-state index is 11.6. The fraction of sp³-hybridized carbons (Fsp3) is 0.462. The quantitative estimate of drug-likeness (QED) is 0.471. The van der Waals surface area contributed by atoms with Crippen LogP contribution >= 0.6 is 11.6 Å². The molecule has 116 valence electrons. The average molecular weight is 318 g/mol. The summed E-state index contributed by atoms with van der Waals surface area (Å²) in [6.07, 6.45) is 0. The molecule has 7 nitrogen and oxygen atoms in total. The summed E-state index contributed by atoms with van der Waals surface area (Å²) in [6, 6.07) is 2.36. The maximum Gasteiger partial charge on any atom is 0.344 e. The molecule has 0 spiro atoms. The standard InChI is InChI=1S/C13H16ClNO6/c1-13(2,3)21-12(16)7-20-11-6-10(19-4)8(14)5-9(11)15(17)18/h5-6H,7H2,1-4H3. The maximum atomic E-state index is 11.6. The highest BCUT2D eigenvalue weighted by molar-refractivity contribution is 6.32. The second-order valence-corrected chi connectivity index (χ2v) is 5.49. The van der Waals surface area contributed by atoms with Gasteiger partial charge in [-0.1, -0.05) is 11.6 Å². The van der Waals surface area contributed by atoms with E-state index >= 15 is 0 Å².